The summed E-state index contributed by atoms with van der Waals surface area (Å²) in [7, 11) is 1.35. The highest BCUT2D eigenvalue weighted by Gasteiger charge is 2.21. The molecule has 0 unspecified atom stereocenters. The summed E-state index contributed by atoms with van der Waals surface area (Å²) in [4.78, 5) is 30.0. The summed E-state index contributed by atoms with van der Waals surface area (Å²) in [6.45, 7) is 8.11. The average Bonchev–Trinajstić information content (AvgIpc) is 2.89. The van der Waals surface area contributed by atoms with Crippen molar-refractivity contribution in [2.45, 2.75) is 20.4 Å². The molecule has 192 valence electrons. The normalized spacial score (nSPS) is 14.2. The predicted molar refractivity (Wildman–Crippen MR) is 150 cm³/mol. The molecule has 0 radical (unpaired) electrons. The van der Waals surface area contributed by atoms with Crippen LogP contribution in [-0.4, -0.2) is 70.1 Å². The zero-order valence-corrected chi connectivity index (χ0v) is 22.1. The van der Waals surface area contributed by atoms with Gasteiger partial charge in [0.1, 0.15) is 0 Å². The molecule has 2 aromatic carbocycles. The molecule has 4 rings (SSSR count). The minimum atomic E-state index is -0.390. The fourth-order valence-electron chi connectivity index (χ4n) is 4.07. The number of hydrogen-bond acceptors (Lipinski definition) is 6. The zero-order valence-electron chi connectivity index (χ0n) is 21.3. The standard InChI is InChI=1S/C27H31N7O2S/c1-19-17-20(2)29-25(28-19)31-26(32-27(37)30-23-11-9-22(10-12-23)24(35)36-3)34-15-13-33(14-16-34)18-21-7-5-4-6-8-21/h4-12,17H,13-16,18H2,1-3H3,(H2,28,29,30,31,32,37). The lowest BCUT2D eigenvalue weighted by atomic mass is 10.2. The highest BCUT2D eigenvalue weighted by Crippen LogP contribution is 2.13. The molecule has 0 atom stereocenters. The largest absolute Gasteiger partial charge is 0.465 e. The van der Waals surface area contributed by atoms with Crippen molar-refractivity contribution in [3.63, 3.8) is 0 Å². The van der Waals surface area contributed by atoms with E-state index in [2.05, 4.69) is 54.7 Å². The number of methoxy groups -OCH3 is 1. The van der Waals surface area contributed by atoms with Crippen LogP contribution in [0.1, 0.15) is 27.3 Å². The number of aryl methyl sites for hydroxylation is 2. The number of guanidine groups is 1. The highest BCUT2D eigenvalue weighted by molar-refractivity contribution is 7.80. The third-order valence-electron chi connectivity index (χ3n) is 5.89. The predicted octanol–water partition coefficient (Wildman–Crippen LogP) is 3.86. The van der Waals surface area contributed by atoms with Gasteiger partial charge in [-0.2, -0.15) is 4.99 Å². The summed E-state index contributed by atoms with van der Waals surface area (Å²) >= 11 is 5.56. The molecule has 9 nitrogen and oxygen atoms in total. The third-order valence-corrected chi connectivity index (χ3v) is 6.08. The van der Waals surface area contributed by atoms with E-state index in [-0.39, 0.29) is 5.11 Å². The molecular weight excluding hydrogens is 486 g/mol. The Balaban J connectivity index is 1.47. The average molecular weight is 518 g/mol. The van der Waals surface area contributed by atoms with Gasteiger partial charge in [-0.3, -0.25) is 10.2 Å². The Morgan fingerprint density at radius 2 is 1.62 bits per heavy atom. The lowest BCUT2D eigenvalue weighted by Crippen LogP contribution is -2.50. The molecule has 2 heterocycles. The molecule has 10 heteroatoms. The van der Waals surface area contributed by atoms with Gasteiger partial charge < -0.3 is 15.0 Å². The van der Waals surface area contributed by atoms with E-state index in [0.29, 0.717) is 17.5 Å². The number of carbonyl (C=O) groups is 1. The Morgan fingerprint density at radius 1 is 0.973 bits per heavy atom. The number of ether oxygens (including phenoxy) is 1. The first-order valence-electron chi connectivity index (χ1n) is 12.1. The van der Waals surface area contributed by atoms with E-state index in [1.807, 2.05) is 26.0 Å². The topological polar surface area (TPSA) is 95.0 Å². The number of carbonyl (C=O) groups excluding carboxylic acids is 1. The summed E-state index contributed by atoms with van der Waals surface area (Å²) in [6.07, 6.45) is 0. The Kier molecular flexibility index (Phi) is 8.76. The molecular formula is C27H31N7O2S. The van der Waals surface area contributed by atoms with Crippen molar-refractivity contribution in [3.8, 4) is 0 Å². The van der Waals surface area contributed by atoms with Gasteiger partial charge in [0.2, 0.25) is 17.0 Å². The zero-order chi connectivity index (χ0) is 26.2. The molecule has 0 amide bonds. The van der Waals surface area contributed by atoms with Gasteiger partial charge in [-0.05, 0) is 62.0 Å². The summed E-state index contributed by atoms with van der Waals surface area (Å²) in [5.74, 6) is 0.680. The minimum absolute atomic E-state index is 0.282. The number of nitrogens with one attached hydrogen (secondary N) is 2. The summed E-state index contributed by atoms with van der Waals surface area (Å²) in [5, 5.41) is 6.69. The van der Waals surface area contributed by atoms with Crippen LogP contribution < -0.4 is 10.6 Å². The lowest BCUT2D eigenvalue weighted by Gasteiger charge is -2.36. The van der Waals surface area contributed by atoms with Crippen LogP contribution in [-0.2, 0) is 11.3 Å². The monoisotopic (exact) mass is 517 g/mol. The van der Waals surface area contributed by atoms with Crippen molar-refractivity contribution in [1.29, 1.82) is 0 Å². The van der Waals surface area contributed by atoms with Crippen molar-refractivity contribution in [1.82, 2.24) is 19.8 Å². The van der Waals surface area contributed by atoms with Crippen LogP contribution in [0.3, 0.4) is 0 Å². The number of aromatic nitrogens is 2. The smallest absolute Gasteiger partial charge is 0.337 e. The van der Waals surface area contributed by atoms with E-state index in [9.17, 15) is 4.79 Å². The molecule has 0 aliphatic carbocycles. The van der Waals surface area contributed by atoms with Crippen molar-refractivity contribution in [2.24, 2.45) is 4.99 Å². The number of hydrogen-bond donors (Lipinski definition) is 2. The molecule has 0 bridgehead atoms. The molecule has 2 N–H and O–H groups in total. The maximum absolute atomic E-state index is 11.7. The maximum Gasteiger partial charge on any atom is 0.337 e. The number of esters is 1. The van der Waals surface area contributed by atoms with Gasteiger partial charge in [0.05, 0.1) is 12.7 Å². The molecule has 1 aliphatic rings. The number of benzene rings is 2. The fourth-order valence-corrected chi connectivity index (χ4v) is 4.28. The number of nitrogens with zero attached hydrogens (tertiary/aromatic N) is 5. The molecule has 1 saturated heterocycles. The van der Waals surface area contributed by atoms with Gasteiger partial charge >= 0.3 is 5.97 Å². The molecule has 3 aromatic rings. The van der Waals surface area contributed by atoms with Gasteiger partial charge in [0, 0.05) is 49.8 Å². The second-order valence-electron chi connectivity index (χ2n) is 8.78. The maximum atomic E-state index is 11.7. The van der Waals surface area contributed by atoms with Crippen LogP contribution in [0.5, 0.6) is 0 Å². The van der Waals surface area contributed by atoms with E-state index < -0.39 is 5.97 Å². The van der Waals surface area contributed by atoms with Crippen molar-refractivity contribution < 1.29 is 9.53 Å². The number of thiocarbonyl (C=S) groups is 1. The van der Waals surface area contributed by atoms with Crippen LogP contribution in [0.25, 0.3) is 0 Å². The summed E-state index contributed by atoms with van der Waals surface area (Å²) in [6, 6.07) is 19.3. The van der Waals surface area contributed by atoms with Crippen molar-refractivity contribution in [3.05, 3.63) is 83.2 Å². The summed E-state index contributed by atoms with van der Waals surface area (Å²) < 4.78 is 4.76. The first-order valence-corrected chi connectivity index (χ1v) is 12.5. The van der Waals surface area contributed by atoms with Gasteiger partial charge in [-0.1, -0.05) is 30.3 Å². The number of rotatable bonds is 5. The summed E-state index contributed by atoms with van der Waals surface area (Å²) in [5.41, 5.74) is 4.22. The Hall–Kier alpha value is -3.89. The quantitative estimate of drug-likeness (QED) is 0.226. The number of piperazine rings is 1. The van der Waals surface area contributed by atoms with E-state index in [0.717, 1.165) is 49.8 Å². The Bertz CT molecular complexity index is 1240. The molecule has 1 aliphatic heterocycles. The van der Waals surface area contributed by atoms with Gasteiger partial charge in [0.15, 0.2) is 0 Å². The van der Waals surface area contributed by atoms with Crippen LogP contribution in [0.4, 0.5) is 11.6 Å². The first-order chi connectivity index (χ1) is 17.9. The Morgan fingerprint density at radius 3 is 2.24 bits per heavy atom. The minimum Gasteiger partial charge on any atom is -0.465 e. The Labute approximate surface area is 222 Å². The molecule has 0 saturated carbocycles. The second-order valence-corrected chi connectivity index (χ2v) is 9.17. The van der Waals surface area contributed by atoms with Crippen molar-refractivity contribution >= 4 is 40.9 Å². The van der Waals surface area contributed by atoms with Gasteiger partial charge in [-0.15, -0.1) is 0 Å². The van der Waals surface area contributed by atoms with Crippen LogP contribution in [0, 0.1) is 13.8 Å². The number of anilines is 2. The SMILES string of the molecule is COC(=O)c1ccc(NC(=S)/N=C(/Nc2nc(C)cc(C)n2)N2CCN(Cc3ccccc3)CC2)cc1. The van der Waals surface area contributed by atoms with Crippen LogP contribution in [0.15, 0.2) is 65.7 Å². The van der Waals surface area contributed by atoms with Crippen molar-refractivity contribution in [2.75, 3.05) is 43.9 Å². The van der Waals surface area contributed by atoms with Crippen LogP contribution in [0.2, 0.25) is 0 Å². The molecule has 1 aromatic heterocycles. The van der Waals surface area contributed by atoms with E-state index in [1.165, 1.54) is 12.7 Å². The van der Waals surface area contributed by atoms with Crippen LogP contribution >= 0.6 is 12.2 Å². The third kappa shape index (κ3) is 7.55. The fraction of sp³-hybridized carbons (Fsp3) is 0.296. The van der Waals surface area contributed by atoms with E-state index in [1.54, 1.807) is 24.3 Å². The first kappa shape index (κ1) is 26.2. The van der Waals surface area contributed by atoms with E-state index in [4.69, 9.17) is 21.9 Å². The van der Waals surface area contributed by atoms with Gasteiger partial charge in [0.25, 0.3) is 0 Å². The van der Waals surface area contributed by atoms with E-state index >= 15 is 0 Å². The van der Waals surface area contributed by atoms with Gasteiger partial charge in [-0.25, -0.2) is 14.8 Å². The highest BCUT2D eigenvalue weighted by atomic mass is 32.1. The lowest BCUT2D eigenvalue weighted by molar-refractivity contribution is 0.0601. The second kappa shape index (κ2) is 12.4. The molecule has 1 fully saturated rings. The number of aliphatic imine (C=N–C) groups is 1. The molecule has 0 spiro atoms. The molecule has 37 heavy (non-hydrogen) atoms.